The van der Waals surface area contributed by atoms with Crippen LogP contribution in [0.4, 0.5) is 11.8 Å². The molecular formula is C10H17N7. The van der Waals surface area contributed by atoms with Crippen molar-refractivity contribution in [2.45, 2.75) is 13.0 Å². The first-order valence-electron chi connectivity index (χ1n) is 5.44. The number of nitrogen functional groups attached to an aromatic ring is 1. The van der Waals surface area contributed by atoms with E-state index in [0.29, 0.717) is 5.65 Å². The van der Waals surface area contributed by atoms with Gasteiger partial charge < -0.3 is 16.0 Å². The number of hydrogen-bond donors (Lipinski definition) is 3. The maximum absolute atomic E-state index is 5.64. The summed E-state index contributed by atoms with van der Waals surface area (Å²) in [6.45, 7) is 2.99. The molecule has 92 valence electrons. The fraction of sp³-hybridized carbons (Fsp3) is 0.500. The number of nitrogens with two attached hydrogens (primary N) is 1. The molecular weight excluding hydrogens is 218 g/mol. The Bertz CT molecular complexity index is 504. The molecule has 2 rings (SSSR count). The molecule has 0 amide bonds. The molecule has 2 aromatic heterocycles. The molecule has 7 nitrogen and oxygen atoms in total. The van der Waals surface area contributed by atoms with E-state index < -0.39 is 0 Å². The number of aromatic nitrogens is 4. The SMILES string of the molecule is CC(CN(C)C)Nc1nc(N)nc2[nH]ncc12. The number of hydrogen-bond acceptors (Lipinski definition) is 6. The number of aromatic amines is 1. The van der Waals surface area contributed by atoms with E-state index in [1.54, 1.807) is 6.20 Å². The first-order chi connectivity index (χ1) is 8.06. The van der Waals surface area contributed by atoms with Gasteiger partial charge in [-0.1, -0.05) is 0 Å². The van der Waals surface area contributed by atoms with Gasteiger partial charge in [0, 0.05) is 12.6 Å². The topological polar surface area (TPSA) is 95.7 Å². The first-order valence-corrected chi connectivity index (χ1v) is 5.44. The van der Waals surface area contributed by atoms with Crippen LogP contribution in [0.15, 0.2) is 6.20 Å². The summed E-state index contributed by atoms with van der Waals surface area (Å²) in [4.78, 5) is 10.4. The minimum Gasteiger partial charge on any atom is -0.368 e. The summed E-state index contributed by atoms with van der Waals surface area (Å²) >= 11 is 0. The van der Waals surface area contributed by atoms with Crippen LogP contribution in [0.5, 0.6) is 0 Å². The largest absolute Gasteiger partial charge is 0.368 e. The van der Waals surface area contributed by atoms with E-state index in [4.69, 9.17) is 5.73 Å². The highest BCUT2D eigenvalue weighted by molar-refractivity contribution is 5.86. The van der Waals surface area contributed by atoms with Crippen LogP contribution in [-0.2, 0) is 0 Å². The van der Waals surface area contributed by atoms with Crippen molar-refractivity contribution in [3.05, 3.63) is 6.20 Å². The molecule has 0 radical (unpaired) electrons. The monoisotopic (exact) mass is 235 g/mol. The van der Waals surface area contributed by atoms with Crippen LogP contribution in [0.1, 0.15) is 6.92 Å². The van der Waals surface area contributed by atoms with Crippen LogP contribution in [0.2, 0.25) is 0 Å². The molecule has 0 bridgehead atoms. The van der Waals surface area contributed by atoms with E-state index in [1.807, 2.05) is 14.1 Å². The number of nitrogens with zero attached hydrogens (tertiary/aromatic N) is 4. The fourth-order valence-electron chi connectivity index (χ4n) is 1.79. The molecule has 17 heavy (non-hydrogen) atoms. The van der Waals surface area contributed by atoms with Crippen molar-refractivity contribution in [3.8, 4) is 0 Å². The standard InChI is InChI=1S/C10H17N7/c1-6(5-17(2)3)13-8-7-4-12-16-9(7)15-10(11)14-8/h4,6H,5H2,1-3H3,(H4,11,12,13,14,15,16). The second-order valence-electron chi connectivity index (χ2n) is 4.37. The van der Waals surface area contributed by atoms with Gasteiger partial charge in [-0.2, -0.15) is 15.1 Å². The Morgan fingerprint density at radius 2 is 2.24 bits per heavy atom. The molecule has 0 aliphatic heterocycles. The highest BCUT2D eigenvalue weighted by Crippen LogP contribution is 2.19. The Kier molecular flexibility index (Phi) is 3.10. The quantitative estimate of drug-likeness (QED) is 0.705. The highest BCUT2D eigenvalue weighted by Gasteiger charge is 2.10. The van der Waals surface area contributed by atoms with E-state index in [-0.39, 0.29) is 12.0 Å². The Hall–Kier alpha value is -1.89. The van der Waals surface area contributed by atoms with Gasteiger partial charge >= 0.3 is 0 Å². The maximum atomic E-state index is 5.64. The van der Waals surface area contributed by atoms with E-state index in [0.717, 1.165) is 17.7 Å². The molecule has 0 saturated carbocycles. The molecule has 0 saturated heterocycles. The summed E-state index contributed by atoms with van der Waals surface area (Å²) in [5.74, 6) is 0.955. The molecule has 0 aliphatic carbocycles. The Morgan fingerprint density at radius 3 is 2.94 bits per heavy atom. The Labute approximate surface area is 99.4 Å². The average molecular weight is 235 g/mol. The Morgan fingerprint density at radius 1 is 1.47 bits per heavy atom. The third-order valence-electron chi connectivity index (χ3n) is 2.35. The molecule has 1 atom stereocenters. The van der Waals surface area contributed by atoms with Gasteiger partial charge in [0.1, 0.15) is 5.82 Å². The molecule has 0 spiro atoms. The molecule has 1 unspecified atom stereocenters. The predicted molar refractivity (Wildman–Crippen MR) is 67.7 cm³/mol. The lowest BCUT2D eigenvalue weighted by Gasteiger charge is -2.19. The van der Waals surface area contributed by atoms with Crippen LogP contribution in [-0.4, -0.2) is 51.7 Å². The first kappa shape index (κ1) is 11.6. The van der Waals surface area contributed by atoms with E-state index >= 15 is 0 Å². The number of likely N-dealkylation sites (N-methyl/N-ethyl adjacent to an activating group) is 1. The van der Waals surface area contributed by atoms with Crippen molar-refractivity contribution >= 4 is 22.8 Å². The van der Waals surface area contributed by atoms with Crippen LogP contribution < -0.4 is 11.1 Å². The van der Waals surface area contributed by atoms with Gasteiger partial charge in [-0.3, -0.25) is 5.10 Å². The minimum atomic E-state index is 0.237. The molecule has 7 heteroatoms. The highest BCUT2D eigenvalue weighted by atomic mass is 15.2. The zero-order valence-electron chi connectivity index (χ0n) is 10.2. The molecule has 0 fully saturated rings. The molecule has 0 aromatic carbocycles. The normalized spacial score (nSPS) is 13.2. The maximum Gasteiger partial charge on any atom is 0.224 e. The van der Waals surface area contributed by atoms with E-state index in [9.17, 15) is 0 Å². The van der Waals surface area contributed by atoms with Crippen molar-refractivity contribution in [2.75, 3.05) is 31.7 Å². The zero-order chi connectivity index (χ0) is 12.4. The molecule has 2 aromatic rings. The van der Waals surface area contributed by atoms with Crippen molar-refractivity contribution in [2.24, 2.45) is 0 Å². The number of anilines is 2. The smallest absolute Gasteiger partial charge is 0.224 e. The van der Waals surface area contributed by atoms with Gasteiger partial charge in [-0.25, -0.2) is 0 Å². The van der Waals surface area contributed by atoms with Crippen LogP contribution in [0.25, 0.3) is 11.0 Å². The van der Waals surface area contributed by atoms with Gasteiger partial charge in [0.15, 0.2) is 5.65 Å². The van der Waals surface area contributed by atoms with E-state index in [2.05, 4.69) is 37.3 Å². The van der Waals surface area contributed by atoms with Crippen molar-refractivity contribution in [1.82, 2.24) is 25.1 Å². The van der Waals surface area contributed by atoms with Gasteiger partial charge in [0.2, 0.25) is 5.95 Å². The number of rotatable bonds is 4. The van der Waals surface area contributed by atoms with Gasteiger partial charge in [-0.05, 0) is 21.0 Å². The Balaban J connectivity index is 2.25. The number of fused-ring (bicyclic) bond motifs is 1. The molecule has 4 N–H and O–H groups in total. The third kappa shape index (κ3) is 2.62. The average Bonchev–Trinajstić information content (AvgIpc) is 2.63. The summed E-state index contributed by atoms with van der Waals surface area (Å²) in [6, 6.07) is 0.261. The lowest BCUT2D eigenvalue weighted by molar-refractivity contribution is 0.392. The second kappa shape index (κ2) is 4.54. The summed E-state index contributed by atoms with van der Waals surface area (Å²) in [7, 11) is 4.06. The van der Waals surface area contributed by atoms with Gasteiger partial charge in [-0.15, -0.1) is 0 Å². The lowest BCUT2D eigenvalue weighted by Crippen LogP contribution is -2.30. The minimum absolute atomic E-state index is 0.237. The predicted octanol–water partition coefficient (Wildman–Crippen LogP) is 0.297. The summed E-state index contributed by atoms with van der Waals surface area (Å²) < 4.78 is 0. The van der Waals surface area contributed by atoms with Crippen LogP contribution >= 0.6 is 0 Å². The summed E-state index contributed by atoms with van der Waals surface area (Å²) in [5.41, 5.74) is 6.29. The van der Waals surface area contributed by atoms with Crippen molar-refractivity contribution in [3.63, 3.8) is 0 Å². The lowest BCUT2D eigenvalue weighted by atomic mass is 10.3. The summed E-state index contributed by atoms with van der Waals surface area (Å²) in [5, 5.41) is 10.9. The number of nitrogens with one attached hydrogen (secondary N) is 2. The third-order valence-corrected chi connectivity index (χ3v) is 2.35. The molecule has 0 aliphatic rings. The van der Waals surface area contributed by atoms with Gasteiger partial charge in [0.05, 0.1) is 11.6 Å². The van der Waals surface area contributed by atoms with Crippen LogP contribution in [0.3, 0.4) is 0 Å². The summed E-state index contributed by atoms with van der Waals surface area (Å²) in [6.07, 6.45) is 1.69. The van der Waals surface area contributed by atoms with Crippen molar-refractivity contribution < 1.29 is 0 Å². The second-order valence-corrected chi connectivity index (χ2v) is 4.37. The van der Waals surface area contributed by atoms with Crippen molar-refractivity contribution in [1.29, 1.82) is 0 Å². The van der Waals surface area contributed by atoms with Gasteiger partial charge in [0.25, 0.3) is 0 Å². The number of H-pyrrole nitrogens is 1. The zero-order valence-corrected chi connectivity index (χ0v) is 10.2. The van der Waals surface area contributed by atoms with Crippen LogP contribution in [0, 0.1) is 0 Å². The van der Waals surface area contributed by atoms with E-state index in [1.165, 1.54) is 0 Å². The fourth-order valence-corrected chi connectivity index (χ4v) is 1.79. The molecule has 2 heterocycles.